The third-order valence-electron chi connectivity index (χ3n) is 3.45. The fraction of sp³-hybridized carbons (Fsp3) is 0.176. The Balaban J connectivity index is 1.70. The van der Waals surface area contributed by atoms with Crippen LogP contribution in [0.1, 0.15) is 0 Å². The first-order valence-electron chi connectivity index (χ1n) is 7.15. The topological polar surface area (TPSA) is 67.2 Å². The van der Waals surface area contributed by atoms with Crippen molar-refractivity contribution < 1.29 is 5.11 Å². The lowest BCUT2D eigenvalue weighted by atomic mass is 10.2. The SMILES string of the molecule is O=c1c2ccccc2ncn1CC(O)CNc1ccccc1. The Bertz CT molecular complexity index is 815. The highest BCUT2D eigenvalue weighted by molar-refractivity contribution is 5.76. The molecule has 1 unspecified atom stereocenters. The van der Waals surface area contributed by atoms with Crippen LogP contribution in [0.15, 0.2) is 65.7 Å². The van der Waals surface area contributed by atoms with Crippen LogP contribution in [0.3, 0.4) is 0 Å². The average Bonchev–Trinajstić information content (AvgIpc) is 2.57. The van der Waals surface area contributed by atoms with Crippen molar-refractivity contribution >= 4 is 16.6 Å². The summed E-state index contributed by atoms with van der Waals surface area (Å²) >= 11 is 0. The van der Waals surface area contributed by atoms with Crippen molar-refractivity contribution in [2.24, 2.45) is 0 Å². The van der Waals surface area contributed by atoms with Crippen molar-refractivity contribution in [3.05, 3.63) is 71.3 Å². The molecule has 3 rings (SSSR count). The highest BCUT2D eigenvalue weighted by Gasteiger charge is 2.09. The van der Waals surface area contributed by atoms with Gasteiger partial charge in [-0.15, -0.1) is 0 Å². The van der Waals surface area contributed by atoms with Crippen molar-refractivity contribution in [3.63, 3.8) is 0 Å². The number of para-hydroxylation sites is 2. The van der Waals surface area contributed by atoms with Gasteiger partial charge >= 0.3 is 0 Å². The number of hydrogen-bond acceptors (Lipinski definition) is 4. The molecule has 3 aromatic rings. The van der Waals surface area contributed by atoms with Crippen LogP contribution in [0.5, 0.6) is 0 Å². The molecule has 2 aromatic carbocycles. The zero-order valence-corrected chi connectivity index (χ0v) is 12.0. The Labute approximate surface area is 127 Å². The van der Waals surface area contributed by atoms with Gasteiger partial charge < -0.3 is 10.4 Å². The van der Waals surface area contributed by atoms with Gasteiger partial charge in [-0.3, -0.25) is 9.36 Å². The smallest absolute Gasteiger partial charge is 0.261 e. The maximum atomic E-state index is 12.3. The number of nitrogens with zero attached hydrogens (tertiary/aromatic N) is 2. The van der Waals surface area contributed by atoms with Crippen LogP contribution in [0.25, 0.3) is 10.9 Å². The number of anilines is 1. The summed E-state index contributed by atoms with van der Waals surface area (Å²) in [6, 6.07) is 16.8. The Morgan fingerprint density at radius 3 is 2.64 bits per heavy atom. The molecule has 0 fully saturated rings. The Kier molecular flexibility index (Phi) is 4.16. The van der Waals surface area contributed by atoms with Crippen LogP contribution in [0.2, 0.25) is 0 Å². The van der Waals surface area contributed by atoms with E-state index < -0.39 is 6.10 Å². The molecule has 0 amide bonds. The summed E-state index contributed by atoms with van der Waals surface area (Å²) in [7, 11) is 0. The summed E-state index contributed by atoms with van der Waals surface area (Å²) < 4.78 is 1.44. The van der Waals surface area contributed by atoms with Crippen molar-refractivity contribution in [2.75, 3.05) is 11.9 Å². The molecular weight excluding hydrogens is 278 g/mol. The monoisotopic (exact) mass is 295 g/mol. The molecule has 112 valence electrons. The number of aliphatic hydroxyl groups is 1. The molecule has 0 aliphatic heterocycles. The lowest BCUT2D eigenvalue weighted by Gasteiger charge is -2.14. The Hall–Kier alpha value is -2.66. The number of hydrogen-bond donors (Lipinski definition) is 2. The number of fused-ring (bicyclic) bond motifs is 1. The van der Waals surface area contributed by atoms with E-state index in [0.717, 1.165) is 5.69 Å². The number of rotatable bonds is 5. The largest absolute Gasteiger partial charge is 0.389 e. The maximum absolute atomic E-state index is 12.3. The summed E-state index contributed by atoms with van der Waals surface area (Å²) in [6.45, 7) is 0.569. The van der Waals surface area contributed by atoms with E-state index in [2.05, 4.69) is 10.3 Å². The molecule has 22 heavy (non-hydrogen) atoms. The zero-order valence-electron chi connectivity index (χ0n) is 12.0. The summed E-state index contributed by atoms with van der Waals surface area (Å²) in [6.07, 6.45) is 0.803. The van der Waals surface area contributed by atoms with Crippen LogP contribution in [0.4, 0.5) is 5.69 Å². The molecule has 0 aliphatic rings. The first kappa shape index (κ1) is 14.3. The standard InChI is InChI=1S/C17H17N3O2/c21-14(10-18-13-6-2-1-3-7-13)11-20-12-19-16-9-5-4-8-15(16)17(20)22/h1-9,12,14,18,21H,10-11H2. The molecule has 0 spiro atoms. The van der Waals surface area contributed by atoms with Gasteiger partial charge in [0, 0.05) is 12.2 Å². The van der Waals surface area contributed by atoms with Crippen LogP contribution >= 0.6 is 0 Å². The van der Waals surface area contributed by atoms with Gasteiger partial charge in [-0.25, -0.2) is 4.98 Å². The quantitative estimate of drug-likeness (QED) is 0.754. The normalized spacial score (nSPS) is 12.2. The van der Waals surface area contributed by atoms with E-state index >= 15 is 0 Å². The fourth-order valence-electron chi connectivity index (χ4n) is 2.32. The number of aliphatic hydroxyl groups excluding tert-OH is 1. The van der Waals surface area contributed by atoms with Crippen molar-refractivity contribution in [1.29, 1.82) is 0 Å². The zero-order chi connectivity index (χ0) is 15.4. The van der Waals surface area contributed by atoms with E-state index in [1.165, 1.54) is 10.9 Å². The fourth-order valence-corrected chi connectivity index (χ4v) is 2.32. The van der Waals surface area contributed by atoms with E-state index in [1.54, 1.807) is 12.1 Å². The average molecular weight is 295 g/mol. The number of aromatic nitrogens is 2. The summed E-state index contributed by atoms with van der Waals surface area (Å²) in [4.78, 5) is 16.6. The van der Waals surface area contributed by atoms with Gasteiger partial charge in [0.05, 0.1) is 29.9 Å². The van der Waals surface area contributed by atoms with Crippen molar-refractivity contribution in [3.8, 4) is 0 Å². The molecule has 1 atom stereocenters. The molecule has 0 saturated heterocycles. The van der Waals surface area contributed by atoms with Gasteiger partial charge in [-0.05, 0) is 24.3 Å². The molecule has 5 nitrogen and oxygen atoms in total. The van der Waals surface area contributed by atoms with Gasteiger partial charge in [0.25, 0.3) is 5.56 Å². The summed E-state index contributed by atoms with van der Waals surface area (Å²) in [5.41, 5.74) is 1.47. The first-order valence-corrected chi connectivity index (χ1v) is 7.15. The Morgan fingerprint density at radius 1 is 1.09 bits per heavy atom. The molecule has 0 bridgehead atoms. The summed E-state index contributed by atoms with van der Waals surface area (Å²) in [5, 5.41) is 13.8. The van der Waals surface area contributed by atoms with Crippen LogP contribution < -0.4 is 10.9 Å². The lowest BCUT2D eigenvalue weighted by molar-refractivity contribution is 0.165. The highest BCUT2D eigenvalue weighted by atomic mass is 16.3. The molecule has 2 N–H and O–H groups in total. The minimum atomic E-state index is -0.680. The van der Waals surface area contributed by atoms with Crippen LogP contribution in [-0.2, 0) is 6.54 Å². The minimum absolute atomic E-state index is 0.135. The second-order valence-corrected chi connectivity index (χ2v) is 5.12. The summed E-state index contributed by atoms with van der Waals surface area (Å²) in [5.74, 6) is 0. The molecule has 0 aliphatic carbocycles. The van der Waals surface area contributed by atoms with E-state index in [1.807, 2.05) is 42.5 Å². The van der Waals surface area contributed by atoms with Gasteiger partial charge in [0.15, 0.2) is 0 Å². The van der Waals surface area contributed by atoms with Gasteiger partial charge in [-0.2, -0.15) is 0 Å². The van der Waals surface area contributed by atoms with Gasteiger partial charge in [-0.1, -0.05) is 30.3 Å². The Morgan fingerprint density at radius 2 is 1.82 bits per heavy atom. The second-order valence-electron chi connectivity index (χ2n) is 5.12. The highest BCUT2D eigenvalue weighted by Crippen LogP contribution is 2.06. The van der Waals surface area contributed by atoms with Gasteiger partial charge in [0.2, 0.25) is 0 Å². The predicted molar refractivity (Wildman–Crippen MR) is 86.9 cm³/mol. The molecule has 1 heterocycles. The second kappa shape index (κ2) is 6.41. The van der Waals surface area contributed by atoms with Crippen molar-refractivity contribution in [1.82, 2.24) is 9.55 Å². The molecule has 0 saturated carbocycles. The number of nitrogens with one attached hydrogen (secondary N) is 1. The van der Waals surface area contributed by atoms with E-state index in [-0.39, 0.29) is 12.1 Å². The number of benzene rings is 2. The molecule has 5 heteroatoms. The first-order chi connectivity index (χ1) is 10.7. The molecule has 1 aromatic heterocycles. The van der Waals surface area contributed by atoms with Crippen molar-refractivity contribution in [2.45, 2.75) is 12.6 Å². The predicted octanol–water partition coefficient (Wildman–Crippen LogP) is 1.87. The van der Waals surface area contributed by atoms with Crippen LogP contribution in [0, 0.1) is 0 Å². The van der Waals surface area contributed by atoms with E-state index in [0.29, 0.717) is 17.4 Å². The molecular formula is C17H17N3O2. The third kappa shape index (κ3) is 3.15. The molecule has 0 radical (unpaired) electrons. The van der Waals surface area contributed by atoms with E-state index in [9.17, 15) is 9.90 Å². The van der Waals surface area contributed by atoms with Gasteiger partial charge in [0.1, 0.15) is 0 Å². The van der Waals surface area contributed by atoms with E-state index in [4.69, 9.17) is 0 Å². The third-order valence-corrected chi connectivity index (χ3v) is 3.45. The minimum Gasteiger partial charge on any atom is -0.389 e. The lowest BCUT2D eigenvalue weighted by Crippen LogP contribution is -2.31. The maximum Gasteiger partial charge on any atom is 0.261 e. The van der Waals surface area contributed by atoms with Crippen LogP contribution in [-0.4, -0.2) is 27.3 Å².